The van der Waals surface area contributed by atoms with E-state index in [0.29, 0.717) is 17.9 Å². The summed E-state index contributed by atoms with van der Waals surface area (Å²) in [6, 6.07) is 7.52. The van der Waals surface area contributed by atoms with E-state index in [1.165, 1.54) is 7.11 Å². The second-order valence-electron chi connectivity index (χ2n) is 4.27. The molecule has 0 aliphatic rings. The number of hydrogen-bond acceptors (Lipinski definition) is 4. The number of carbonyl (C=O) groups excluding carboxylic acids is 1. The minimum absolute atomic E-state index is 0.0189. The maximum absolute atomic E-state index is 11.6. The normalized spacial score (nSPS) is 11.9. The van der Waals surface area contributed by atoms with Gasteiger partial charge in [0.05, 0.1) is 6.54 Å². The lowest BCUT2D eigenvalue weighted by Gasteiger charge is -2.11. The van der Waals surface area contributed by atoms with E-state index in [4.69, 9.17) is 21.4 Å². The molecule has 5 nitrogen and oxygen atoms in total. The van der Waals surface area contributed by atoms with Crippen LogP contribution in [0.4, 0.5) is 0 Å². The highest BCUT2D eigenvalue weighted by Gasteiger charge is 2.16. The number of nitrogens with one attached hydrogen (secondary N) is 1. The van der Waals surface area contributed by atoms with Gasteiger partial charge in [0.25, 0.3) is 0 Å². The Labute approximate surface area is 133 Å². The Kier molecular flexibility index (Phi) is 8.19. The van der Waals surface area contributed by atoms with E-state index in [9.17, 15) is 9.59 Å². The predicted molar refractivity (Wildman–Crippen MR) is 82.9 cm³/mol. The number of amides is 1. The molecule has 0 heterocycles. The predicted octanol–water partition coefficient (Wildman–Crippen LogP) is 2.43. The molecule has 0 bridgehead atoms. The minimum Gasteiger partial charge on any atom is -0.479 e. The highest BCUT2D eigenvalue weighted by Crippen LogP contribution is 2.21. The molecule has 7 heteroatoms. The summed E-state index contributed by atoms with van der Waals surface area (Å²) in [6.45, 7) is -0.0189. The Morgan fingerprint density at radius 1 is 1.38 bits per heavy atom. The van der Waals surface area contributed by atoms with E-state index in [0.717, 1.165) is 10.6 Å². The van der Waals surface area contributed by atoms with Gasteiger partial charge >= 0.3 is 5.97 Å². The molecule has 1 unspecified atom stereocenters. The summed E-state index contributed by atoms with van der Waals surface area (Å²) >= 11 is 7.44. The number of ether oxygens (including phenoxy) is 1. The van der Waals surface area contributed by atoms with Crippen molar-refractivity contribution in [2.45, 2.75) is 23.8 Å². The Balaban J connectivity index is 2.16. The maximum atomic E-state index is 11.6. The van der Waals surface area contributed by atoms with Crippen LogP contribution in [0.15, 0.2) is 29.2 Å². The molecular weight excluding hydrogens is 314 g/mol. The Morgan fingerprint density at radius 2 is 2.05 bits per heavy atom. The molecule has 21 heavy (non-hydrogen) atoms. The fourth-order valence-electron chi connectivity index (χ4n) is 1.52. The molecule has 0 saturated heterocycles. The number of carbonyl (C=O) groups is 2. The first-order valence-electron chi connectivity index (χ1n) is 6.43. The molecule has 1 aromatic rings. The molecule has 1 aromatic carbocycles. The molecule has 0 aliphatic heterocycles. The first-order valence-corrected chi connectivity index (χ1v) is 7.80. The highest BCUT2D eigenvalue weighted by atomic mass is 35.5. The first kappa shape index (κ1) is 17.8. The second kappa shape index (κ2) is 9.65. The van der Waals surface area contributed by atoms with E-state index in [-0.39, 0.29) is 12.5 Å². The molecule has 1 rings (SSSR count). The van der Waals surface area contributed by atoms with Crippen LogP contribution in [0.2, 0.25) is 5.02 Å². The Hall–Kier alpha value is -1.24. The average molecular weight is 332 g/mol. The number of rotatable bonds is 9. The summed E-state index contributed by atoms with van der Waals surface area (Å²) in [4.78, 5) is 23.4. The van der Waals surface area contributed by atoms with E-state index in [1.54, 1.807) is 11.8 Å². The number of halogens is 1. The van der Waals surface area contributed by atoms with Crippen LogP contribution in [0.1, 0.15) is 12.8 Å². The number of aliphatic carboxylic acids is 1. The zero-order chi connectivity index (χ0) is 15.7. The molecule has 0 fully saturated rings. The van der Waals surface area contributed by atoms with Crippen LogP contribution in [-0.2, 0) is 14.3 Å². The molecule has 0 saturated carbocycles. The van der Waals surface area contributed by atoms with E-state index in [2.05, 4.69) is 5.32 Å². The van der Waals surface area contributed by atoms with Crippen molar-refractivity contribution < 1.29 is 19.4 Å². The zero-order valence-electron chi connectivity index (χ0n) is 11.7. The van der Waals surface area contributed by atoms with Gasteiger partial charge in [-0.15, -0.1) is 11.8 Å². The van der Waals surface area contributed by atoms with Gasteiger partial charge in [0.15, 0.2) is 6.10 Å². The maximum Gasteiger partial charge on any atom is 0.334 e. The van der Waals surface area contributed by atoms with Crippen molar-refractivity contribution in [3.63, 3.8) is 0 Å². The summed E-state index contributed by atoms with van der Waals surface area (Å²) in [5.41, 5.74) is 0. The van der Waals surface area contributed by atoms with Gasteiger partial charge in [-0.05, 0) is 36.4 Å². The minimum atomic E-state index is -1.09. The van der Waals surface area contributed by atoms with Crippen molar-refractivity contribution in [3.05, 3.63) is 29.3 Å². The van der Waals surface area contributed by atoms with E-state index in [1.807, 2.05) is 24.3 Å². The van der Waals surface area contributed by atoms with Crippen molar-refractivity contribution in [2.75, 3.05) is 19.4 Å². The quantitative estimate of drug-likeness (QED) is 0.537. The molecular formula is C14H18ClNO4S. The van der Waals surface area contributed by atoms with Gasteiger partial charge in [0.1, 0.15) is 0 Å². The monoisotopic (exact) mass is 331 g/mol. The van der Waals surface area contributed by atoms with E-state index >= 15 is 0 Å². The van der Waals surface area contributed by atoms with Gasteiger partial charge in [-0.25, -0.2) is 4.79 Å². The smallest absolute Gasteiger partial charge is 0.334 e. The van der Waals surface area contributed by atoms with Crippen LogP contribution in [-0.4, -0.2) is 42.5 Å². The van der Waals surface area contributed by atoms with Gasteiger partial charge in [-0.3, -0.25) is 4.79 Å². The number of methoxy groups -OCH3 is 1. The van der Waals surface area contributed by atoms with Crippen LogP contribution in [0.25, 0.3) is 0 Å². The highest BCUT2D eigenvalue weighted by molar-refractivity contribution is 7.99. The summed E-state index contributed by atoms with van der Waals surface area (Å²) in [5.74, 6) is -0.451. The molecule has 0 radical (unpaired) electrons. The van der Waals surface area contributed by atoms with Crippen molar-refractivity contribution in [1.82, 2.24) is 5.32 Å². The summed E-state index contributed by atoms with van der Waals surface area (Å²) < 4.78 is 4.73. The van der Waals surface area contributed by atoms with Gasteiger partial charge in [0, 0.05) is 23.4 Å². The fourth-order valence-corrected chi connectivity index (χ4v) is 2.50. The first-order chi connectivity index (χ1) is 10.0. The number of thioether (sulfide) groups is 1. The number of carboxylic acids is 1. The second-order valence-corrected chi connectivity index (χ2v) is 5.88. The molecule has 0 aliphatic carbocycles. The van der Waals surface area contributed by atoms with Crippen molar-refractivity contribution in [2.24, 2.45) is 0 Å². The van der Waals surface area contributed by atoms with Crippen molar-refractivity contribution in [1.29, 1.82) is 0 Å². The summed E-state index contributed by atoms with van der Waals surface area (Å²) in [5, 5.41) is 12.0. The topological polar surface area (TPSA) is 75.6 Å². The van der Waals surface area contributed by atoms with Crippen molar-refractivity contribution >= 4 is 35.2 Å². The molecule has 1 amide bonds. The third-order valence-corrected chi connectivity index (χ3v) is 4.03. The Morgan fingerprint density at radius 3 is 2.62 bits per heavy atom. The lowest BCUT2D eigenvalue weighted by Crippen LogP contribution is -2.37. The third kappa shape index (κ3) is 7.36. The number of carboxylic acid groups (broad SMARTS) is 1. The Bertz CT molecular complexity index is 467. The lowest BCUT2D eigenvalue weighted by molar-refractivity contribution is -0.148. The molecule has 2 N–H and O–H groups in total. The molecule has 0 aromatic heterocycles. The summed E-state index contributed by atoms with van der Waals surface area (Å²) in [6.07, 6.45) is 0.0675. The van der Waals surface area contributed by atoms with Crippen LogP contribution < -0.4 is 5.32 Å². The van der Waals surface area contributed by atoms with Gasteiger partial charge in [-0.1, -0.05) is 11.6 Å². The van der Waals surface area contributed by atoms with Gasteiger partial charge in [-0.2, -0.15) is 0 Å². The molecule has 116 valence electrons. The van der Waals surface area contributed by atoms with Crippen molar-refractivity contribution in [3.8, 4) is 0 Å². The van der Waals surface area contributed by atoms with Crippen LogP contribution in [0.5, 0.6) is 0 Å². The SMILES string of the molecule is COC(CNC(=O)CCCSc1ccc(Cl)cc1)C(=O)O. The van der Waals surface area contributed by atoms with Gasteiger partial charge in [0.2, 0.25) is 5.91 Å². The summed E-state index contributed by atoms with van der Waals surface area (Å²) in [7, 11) is 1.30. The number of hydrogen-bond donors (Lipinski definition) is 2. The van der Waals surface area contributed by atoms with Crippen LogP contribution in [0, 0.1) is 0 Å². The molecule has 1 atom stereocenters. The lowest BCUT2D eigenvalue weighted by atomic mass is 10.3. The largest absolute Gasteiger partial charge is 0.479 e. The average Bonchev–Trinajstić information content (AvgIpc) is 2.45. The standard InChI is InChI=1S/C14H18ClNO4S/c1-20-12(14(18)19)9-16-13(17)3-2-8-21-11-6-4-10(15)5-7-11/h4-7,12H,2-3,8-9H2,1H3,(H,16,17)(H,18,19). The van der Waals surface area contributed by atoms with Crippen LogP contribution >= 0.6 is 23.4 Å². The van der Waals surface area contributed by atoms with Gasteiger partial charge < -0.3 is 15.2 Å². The third-order valence-electron chi connectivity index (χ3n) is 2.68. The van der Waals surface area contributed by atoms with E-state index < -0.39 is 12.1 Å². The number of benzene rings is 1. The fraction of sp³-hybridized carbons (Fsp3) is 0.429. The zero-order valence-corrected chi connectivity index (χ0v) is 13.2. The molecule has 0 spiro atoms. The van der Waals surface area contributed by atoms with Crippen LogP contribution in [0.3, 0.4) is 0 Å².